The molecular weight excluding hydrogens is 342 g/mol. The summed E-state index contributed by atoms with van der Waals surface area (Å²) in [6.45, 7) is 0.908. The topological polar surface area (TPSA) is 77.2 Å². The monoisotopic (exact) mass is 365 g/mol. The number of allylic oxidation sites excluding steroid dienone is 1. The number of nitrogens with zero attached hydrogens (tertiary/aromatic N) is 2. The number of hydrogen-bond donors (Lipinski definition) is 1. The number of anilines is 1. The van der Waals surface area contributed by atoms with Gasteiger partial charge in [-0.3, -0.25) is 0 Å². The Balaban J connectivity index is 1.25. The third-order valence-corrected chi connectivity index (χ3v) is 6.08. The van der Waals surface area contributed by atoms with E-state index in [0.717, 1.165) is 67.8 Å². The average Bonchev–Trinajstić information content (AvgIpc) is 3.42. The lowest BCUT2D eigenvalue weighted by molar-refractivity contribution is -0.136. The number of benzene rings is 1. The Kier molecular flexibility index (Phi) is 3.81. The first-order valence-corrected chi connectivity index (χ1v) is 9.63. The van der Waals surface area contributed by atoms with Crippen LogP contribution in [0, 0.1) is 5.41 Å². The van der Waals surface area contributed by atoms with Crippen molar-refractivity contribution in [3.8, 4) is 11.5 Å². The number of ether oxygens (including phenoxy) is 1. The van der Waals surface area contributed by atoms with Crippen molar-refractivity contribution in [3.63, 3.8) is 0 Å². The van der Waals surface area contributed by atoms with Crippen molar-refractivity contribution < 1.29 is 13.9 Å². The van der Waals surface area contributed by atoms with E-state index in [2.05, 4.69) is 27.6 Å². The zero-order valence-electron chi connectivity index (χ0n) is 15.5. The van der Waals surface area contributed by atoms with Crippen molar-refractivity contribution in [1.82, 2.24) is 10.2 Å². The molecule has 2 fully saturated rings. The Labute approximate surface area is 158 Å². The summed E-state index contributed by atoms with van der Waals surface area (Å²) < 4.78 is 10.7. The van der Waals surface area contributed by atoms with E-state index in [1.165, 1.54) is 12.7 Å². The van der Waals surface area contributed by atoms with Crippen LogP contribution in [0.25, 0.3) is 11.5 Å². The van der Waals surface area contributed by atoms with Gasteiger partial charge in [0.1, 0.15) is 0 Å². The second-order valence-electron chi connectivity index (χ2n) is 8.08. The number of esters is 1. The summed E-state index contributed by atoms with van der Waals surface area (Å²) in [5.41, 5.74) is 4.46. The Morgan fingerprint density at radius 2 is 2.19 bits per heavy atom. The van der Waals surface area contributed by atoms with Gasteiger partial charge in [0.05, 0.1) is 7.11 Å². The molecule has 0 atom stereocenters. The van der Waals surface area contributed by atoms with Crippen LogP contribution in [0.1, 0.15) is 50.3 Å². The van der Waals surface area contributed by atoms with Crippen molar-refractivity contribution in [3.05, 3.63) is 41.3 Å². The second kappa shape index (κ2) is 6.22. The van der Waals surface area contributed by atoms with Gasteiger partial charge in [-0.1, -0.05) is 11.6 Å². The first-order valence-electron chi connectivity index (χ1n) is 9.63. The molecule has 1 N–H and O–H groups in total. The molecule has 4 aliphatic carbocycles. The van der Waals surface area contributed by atoms with Gasteiger partial charge in [0, 0.05) is 29.3 Å². The SMILES string of the molecule is COC(=O)C1=C2CC(CNc3cccc(-c4nnc(C5CC5)o4)c3)(CC1)C2. The smallest absolute Gasteiger partial charge is 0.333 e. The van der Waals surface area contributed by atoms with E-state index < -0.39 is 0 Å². The molecule has 2 bridgehead atoms. The standard InChI is InChI=1S/C21H23N3O3/c1-26-20(25)17-7-8-21(10-15(17)11-21)12-22-16-4-2-3-14(9-16)19-24-23-18(27-19)13-5-6-13/h2-4,9,13,22H,5-8,10-12H2,1H3. The first kappa shape index (κ1) is 16.5. The third-order valence-electron chi connectivity index (χ3n) is 6.08. The van der Waals surface area contributed by atoms with E-state index in [1.54, 1.807) is 0 Å². The minimum atomic E-state index is -0.149. The fourth-order valence-corrected chi connectivity index (χ4v) is 4.29. The number of carbonyl (C=O) groups is 1. The normalized spacial score (nSPS) is 20.2. The van der Waals surface area contributed by atoms with Crippen LogP contribution in [0.2, 0.25) is 0 Å². The first-order chi connectivity index (χ1) is 13.2. The minimum Gasteiger partial charge on any atom is -0.466 e. The van der Waals surface area contributed by atoms with E-state index in [4.69, 9.17) is 9.15 Å². The predicted molar refractivity (Wildman–Crippen MR) is 100 cm³/mol. The Morgan fingerprint density at radius 3 is 2.89 bits per heavy atom. The molecule has 6 rings (SSSR count). The molecule has 2 aromatic rings. The molecule has 0 saturated heterocycles. The molecule has 4 aliphatic rings. The Hall–Kier alpha value is -2.63. The van der Waals surface area contributed by atoms with Crippen molar-refractivity contribution in [1.29, 1.82) is 0 Å². The zero-order chi connectivity index (χ0) is 18.4. The highest BCUT2D eigenvalue weighted by atomic mass is 16.5. The maximum Gasteiger partial charge on any atom is 0.333 e. The molecular formula is C21H23N3O3. The van der Waals surface area contributed by atoms with Crippen LogP contribution < -0.4 is 5.32 Å². The number of aromatic nitrogens is 2. The van der Waals surface area contributed by atoms with Gasteiger partial charge in [-0.05, 0) is 62.1 Å². The molecule has 6 nitrogen and oxygen atoms in total. The lowest BCUT2D eigenvalue weighted by Crippen LogP contribution is -2.42. The summed E-state index contributed by atoms with van der Waals surface area (Å²) >= 11 is 0. The fourth-order valence-electron chi connectivity index (χ4n) is 4.29. The summed E-state index contributed by atoms with van der Waals surface area (Å²) in [5.74, 6) is 1.67. The van der Waals surface area contributed by atoms with Crippen LogP contribution in [-0.4, -0.2) is 29.8 Å². The van der Waals surface area contributed by atoms with Crippen LogP contribution >= 0.6 is 0 Å². The Bertz CT molecular complexity index is 918. The minimum absolute atomic E-state index is 0.149. The highest BCUT2D eigenvalue weighted by Crippen LogP contribution is 2.55. The molecule has 1 aromatic carbocycles. The summed E-state index contributed by atoms with van der Waals surface area (Å²) in [7, 11) is 1.46. The van der Waals surface area contributed by atoms with E-state index in [9.17, 15) is 4.79 Å². The molecule has 1 heterocycles. The van der Waals surface area contributed by atoms with E-state index >= 15 is 0 Å². The highest BCUT2D eigenvalue weighted by molar-refractivity contribution is 5.90. The number of nitrogens with one attached hydrogen (secondary N) is 1. The quantitative estimate of drug-likeness (QED) is 0.778. The summed E-state index contributed by atoms with van der Waals surface area (Å²) in [6.07, 6.45) is 6.16. The van der Waals surface area contributed by atoms with Crippen molar-refractivity contribution in [2.45, 2.75) is 44.4 Å². The molecule has 0 spiro atoms. The van der Waals surface area contributed by atoms with E-state index in [0.29, 0.717) is 11.8 Å². The summed E-state index contributed by atoms with van der Waals surface area (Å²) in [5, 5.41) is 11.9. The number of rotatable bonds is 6. The predicted octanol–water partition coefficient (Wildman–Crippen LogP) is 4.07. The average molecular weight is 365 g/mol. The maximum atomic E-state index is 11.8. The van der Waals surface area contributed by atoms with Gasteiger partial charge < -0.3 is 14.5 Å². The summed E-state index contributed by atoms with van der Waals surface area (Å²) in [6, 6.07) is 8.15. The zero-order valence-corrected chi connectivity index (χ0v) is 15.5. The molecule has 1 aromatic heterocycles. The van der Waals surface area contributed by atoms with E-state index in [-0.39, 0.29) is 11.4 Å². The van der Waals surface area contributed by atoms with Crippen molar-refractivity contribution >= 4 is 11.7 Å². The lowest BCUT2D eigenvalue weighted by atomic mass is 9.57. The second-order valence-corrected chi connectivity index (χ2v) is 8.08. The molecule has 140 valence electrons. The van der Waals surface area contributed by atoms with Crippen LogP contribution in [0.15, 0.2) is 39.8 Å². The largest absolute Gasteiger partial charge is 0.466 e. The van der Waals surface area contributed by atoms with Gasteiger partial charge in [-0.15, -0.1) is 10.2 Å². The van der Waals surface area contributed by atoms with Gasteiger partial charge in [0.15, 0.2) is 0 Å². The van der Waals surface area contributed by atoms with Crippen molar-refractivity contribution in [2.24, 2.45) is 5.41 Å². The van der Waals surface area contributed by atoms with Gasteiger partial charge in [0.25, 0.3) is 0 Å². The highest BCUT2D eigenvalue weighted by Gasteiger charge is 2.46. The molecule has 0 unspecified atom stereocenters. The molecule has 0 aliphatic heterocycles. The molecule has 0 radical (unpaired) electrons. The number of hydrogen-bond acceptors (Lipinski definition) is 6. The van der Waals surface area contributed by atoms with Gasteiger partial charge in [-0.2, -0.15) is 0 Å². The number of methoxy groups -OCH3 is 1. The lowest BCUT2D eigenvalue weighted by Gasteiger charge is -2.49. The number of carbonyl (C=O) groups excluding carboxylic acids is 1. The van der Waals surface area contributed by atoms with E-state index in [1.807, 2.05) is 12.1 Å². The fraction of sp³-hybridized carbons (Fsp3) is 0.476. The molecule has 27 heavy (non-hydrogen) atoms. The molecule has 2 saturated carbocycles. The summed E-state index contributed by atoms with van der Waals surface area (Å²) in [4.78, 5) is 11.8. The van der Waals surface area contributed by atoms with Gasteiger partial charge in [-0.25, -0.2) is 4.79 Å². The molecule has 0 amide bonds. The van der Waals surface area contributed by atoms with Crippen LogP contribution in [0.3, 0.4) is 0 Å². The van der Waals surface area contributed by atoms with Crippen molar-refractivity contribution in [2.75, 3.05) is 19.0 Å². The Morgan fingerprint density at radius 1 is 1.33 bits per heavy atom. The molecule has 6 heteroatoms. The van der Waals surface area contributed by atoms with Crippen LogP contribution in [-0.2, 0) is 9.53 Å². The van der Waals surface area contributed by atoms with Crippen LogP contribution in [0.4, 0.5) is 5.69 Å². The van der Waals surface area contributed by atoms with Gasteiger partial charge in [0.2, 0.25) is 11.8 Å². The third kappa shape index (κ3) is 3.03. The number of fused-ring (bicyclic) bond motifs is 2. The maximum absolute atomic E-state index is 11.8. The van der Waals surface area contributed by atoms with Gasteiger partial charge >= 0.3 is 5.97 Å². The van der Waals surface area contributed by atoms with Crippen LogP contribution in [0.5, 0.6) is 0 Å².